The van der Waals surface area contributed by atoms with Crippen molar-refractivity contribution >= 4 is 96.6 Å². The molecule has 4 aromatic rings. The van der Waals surface area contributed by atoms with E-state index in [1.165, 1.54) is 0 Å². The van der Waals surface area contributed by atoms with Crippen molar-refractivity contribution in [1.29, 1.82) is 0 Å². The second-order valence-corrected chi connectivity index (χ2v) is 20.7. The van der Waals surface area contributed by atoms with Gasteiger partial charge in [0.1, 0.15) is 33.1 Å². The lowest BCUT2D eigenvalue weighted by atomic mass is 9.77. The van der Waals surface area contributed by atoms with Crippen molar-refractivity contribution in [2.24, 2.45) is 0 Å². The maximum Gasteiger partial charge on any atom is 0.227 e. The smallest absolute Gasteiger partial charge is 0.227 e. The summed E-state index contributed by atoms with van der Waals surface area (Å²) in [6.45, 7) is 3.86. The van der Waals surface area contributed by atoms with E-state index < -0.39 is 21.6 Å². The fourth-order valence-electron chi connectivity index (χ4n) is 8.50. The number of aliphatic hydroxyl groups excluding tert-OH is 2. The van der Waals surface area contributed by atoms with Gasteiger partial charge >= 0.3 is 0 Å². The number of piperidine rings is 2. The fraction of sp³-hybridized carbons (Fsp3) is 0.619. The molecule has 2 saturated heterocycles. The summed E-state index contributed by atoms with van der Waals surface area (Å²) in [6.07, 6.45) is 17.8. The highest BCUT2D eigenvalue weighted by atomic mass is 127. The number of alkyl halides is 1. The molecule has 8 heterocycles. The number of halogens is 4. The molecule has 4 fully saturated rings. The topological polar surface area (TPSA) is 217 Å². The summed E-state index contributed by atoms with van der Waals surface area (Å²) in [4.78, 5) is 40.6. The molecule has 10 rings (SSSR count). The van der Waals surface area contributed by atoms with Gasteiger partial charge in [-0.25, -0.2) is 29.9 Å². The van der Waals surface area contributed by atoms with Crippen molar-refractivity contribution in [3.05, 3.63) is 63.2 Å². The summed E-state index contributed by atoms with van der Waals surface area (Å²) < 4.78 is 24.5. The number of hydrogen-bond donors (Lipinski definition) is 5. The predicted octanol–water partition coefficient (Wildman–Crippen LogP) is 6.70. The molecule has 0 radical (unpaired) electrons. The van der Waals surface area contributed by atoms with Crippen LogP contribution >= 0.6 is 57.4 Å². The van der Waals surface area contributed by atoms with Crippen LogP contribution in [0, 0.1) is 0 Å². The number of aromatic nitrogens is 8. The summed E-state index contributed by atoms with van der Waals surface area (Å²) in [6, 6.07) is 0. The van der Waals surface area contributed by atoms with Crippen molar-refractivity contribution in [2.75, 3.05) is 71.4 Å². The van der Waals surface area contributed by atoms with Gasteiger partial charge in [0.2, 0.25) is 11.2 Å². The summed E-state index contributed by atoms with van der Waals surface area (Å²) in [7, 11) is -2.14. The van der Waals surface area contributed by atoms with Crippen molar-refractivity contribution in [1.82, 2.24) is 45.2 Å². The number of rotatable bonds is 9. The van der Waals surface area contributed by atoms with Gasteiger partial charge in [-0.05, 0) is 93.8 Å². The molecule has 2 aliphatic carbocycles. The third-order valence-corrected chi connectivity index (χ3v) is 15.9. The Labute approximate surface area is 409 Å². The van der Waals surface area contributed by atoms with Gasteiger partial charge in [-0.3, -0.25) is 8.42 Å². The normalized spacial score (nSPS) is 21.6. The molecular formula is C42H58Cl3IN12O4S2. The number of fused-ring (bicyclic) bond motifs is 2. The predicted molar refractivity (Wildman–Crippen MR) is 263 cm³/mol. The monoisotopic (exact) mass is 1090 g/mol. The molecule has 0 amide bonds. The molecule has 4 aromatic heterocycles. The van der Waals surface area contributed by atoms with Crippen molar-refractivity contribution < 1.29 is 18.6 Å². The van der Waals surface area contributed by atoms with Crippen molar-refractivity contribution in [2.45, 2.75) is 117 Å². The summed E-state index contributed by atoms with van der Waals surface area (Å²) in [5.74, 6) is 5.60. The van der Waals surface area contributed by atoms with Gasteiger partial charge in [0.05, 0.1) is 67.3 Å². The highest BCUT2D eigenvalue weighted by molar-refractivity contribution is 14.1. The minimum atomic E-state index is -1.08. The van der Waals surface area contributed by atoms with E-state index in [9.17, 15) is 18.6 Å². The van der Waals surface area contributed by atoms with E-state index in [-0.39, 0.29) is 37.0 Å². The van der Waals surface area contributed by atoms with Crippen LogP contribution in [0.1, 0.15) is 107 Å². The van der Waals surface area contributed by atoms with Gasteiger partial charge in [0, 0.05) is 74.1 Å². The van der Waals surface area contributed by atoms with Gasteiger partial charge in [-0.2, -0.15) is 9.97 Å². The standard InChI is InChI=1S/C20H25ClN6O2S.C11H14ClN3O2S.C9H12ClN3.CH3I.CH4/c21-14-10-22-17(23-11-14)13-2-7-27(8-3-13)19-24-15-4-9-30(29)16(15)18(25-19)26-20(12-28)5-1-6-20;12-10-13-7-2-5-18(17)8(7)9(14-10)15-11(6-16)3-1-4-11;10-8-5-12-9(13-6-8)7-1-3-11-4-2-7;1-2;/h10-11,13,28H,1-9,12H2,(H,24,25,26);16H,1-6H2,(H,13,14,15);5-7,11H,1-4H2;1H3;1H4. The van der Waals surface area contributed by atoms with Crippen LogP contribution in [0.15, 0.2) is 34.6 Å². The summed E-state index contributed by atoms with van der Waals surface area (Å²) in [5.41, 5.74) is 0.975. The van der Waals surface area contributed by atoms with Gasteiger partial charge < -0.3 is 31.1 Å². The van der Waals surface area contributed by atoms with E-state index >= 15 is 0 Å². The lowest BCUT2D eigenvalue weighted by Gasteiger charge is -2.42. The Hall–Kier alpha value is -2.50. The summed E-state index contributed by atoms with van der Waals surface area (Å²) >= 11 is 19.7. The maximum absolute atomic E-state index is 12.6. The molecule has 4 aliphatic heterocycles. The fourth-order valence-corrected chi connectivity index (χ4v) is 11.5. The molecule has 2 atom stereocenters. The van der Waals surface area contributed by atoms with E-state index in [0.717, 1.165) is 118 Å². The Balaban J connectivity index is 0.000000170. The van der Waals surface area contributed by atoms with E-state index in [1.54, 1.807) is 24.8 Å². The van der Waals surface area contributed by atoms with Crippen LogP contribution in [0.3, 0.4) is 0 Å². The Morgan fingerprint density at radius 3 is 1.58 bits per heavy atom. The van der Waals surface area contributed by atoms with Crippen LogP contribution in [-0.4, -0.2) is 125 Å². The van der Waals surface area contributed by atoms with E-state index in [2.05, 4.69) is 73.3 Å². The highest BCUT2D eigenvalue weighted by Gasteiger charge is 2.40. The van der Waals surface area contributed by atoms with Crippen molar-refractivity contribution in [3.63, 3.8) is 0 Å². The average molecular weight is 1090 g/mol. The Bertz CT molecular complexity index is 2200. The molecule has 5 N–H and O–H groups in total. The van der Waals surface area contributed by atoms with Gasteiger partial charge in [0.25, 0.3) is 0 Å². The first kappa shape index (κ1) is 50.9. The van der Waals surface area contributed by atoms with Crippen LogP contribution in [0.4, 0.5) is 17.6 Å². The molecule has 16 nitrogen and oxygen atoms in total. The maximum atomic E-state index is 12.6. The number of nitrogens with one attached hydrogen (secondary N) is 3. The zero-order chi connectivity index (χ0) is 44.6. The summed E-state index contributed by atoms with van der Waals surface area (Å²) in [5, 5.41) is 30.7. The van der Waals surface area contributed by atoms with Crippen LogP contribution in [0.2, 0.25) is 15.3 Å². The molecule has 0 spiro atoms. The number of aryl methyl sites for hydroxylation is 2. The minimum absolute atomic E-state index is 0. The molecule has 350 valence electrons. The number of nitrogens with zero attached hydrogens (tertiary/aromatic N) is 9. The SMILES string of the molecule is C.CI.Clc1cnc(C2CCNCC2)nc1.O=S1CCc2nc(Cl)nc(NC3(CO)CCC3)c21.O=S1CCc2nc(N3CCC(c4ncc(Cl)cn4)CC3)nc(NC3(CO)CCC3)c21. The number of aliphatic hydroxyl groups is 2. The lowest BCUT2D eigenvalue weighted by Crippen LogP contribution is -2.49. The Morgan fingerprint density at radius 1 is 0.703 bits per heavy atom. The third-order valence-electron chi connectivity index (χ3n) is 12.5. The van der Waals surface area contributed by atoms with Crippen molar-refractivity contribution in [3.8, 4) is 0 Å². The van der Waals surface area contributed by atoms with Crippen LogP contribution in [-0.2, 0) is 34.4 Å². The zero-order valence-corrected chi connectivity index (χ0v) is 41.2. The van der Waals surface area contributed by atoms with Gasteiger partial charge in [-0.15, -0.1) is 0 Å². The van der Waals surface area contributed by atoms with Crippen LogP contribution in [0.25, 0.3) is 0 Å². The van der Waals surface area contributed by atoms with Gasteiger partial charge in [-0.1, -0.05) is 53.2 Å². The first-order chi connectivity index (χ1) is 30.6. The zero-order valence-electron chi connectivity index (χ0n) is 35.2. The first-order valence-electron chi connectivity index (χ1n) is 21.4. The molecule has 2 unspecified atom stereocenters. The quantitative estimate of drug-likeness (QED) is 0.0670. The molecule has 0 aromatic carbocycles. The Kier molecular flexibility index (Phi) is 18.7. The minimum Gasteiger partial charge on any atom is -0.394 e. The van der Waals surface area contributed by atoms with Gasteiger partial charge in [0.15, 0.2) is 0 Å². The van der Waals surface area contributed by atoms with E-state index in [1.807, 2.05) is 4.93 Å². The molecule has 6 aliphatic rings. The second-order valence-electron chi connectivity index (χ2n) is 16.5. The molecule has 64 heavy (non-hydrogen) atoms. The van der Waals surface area contributed by atoms with Crippen LogP contribution < -0.4 is 20.9 Å². The average Bonchev–Trinajstić information content (AvgIpc) is 3.86. The van der Waals surface area contributed by atoms with E-state index in [0.29, 0.717) is 68.7 Å². The first-order valence-corrected chi connectivity index (χ1v) is 27.3. The van der Waals surface area contributed by atoms with E-state index in [4.69, 9.17) is 44.8 Å². The number of anilines is 3. The second kappa shape index (κ2) is 23.5. The molecule has 22 heteroatoms. The Morgan fingerprint density at radius 2 is 1.14 bits per heavy atom. The molecule has 0 bridgehead atoms. The molecular weight excluding hydrogens is 1030 g/mol. The van der Waals surface area contributed by atoms with Crippen LogP contribution in [0.5, 0.6) is 0 Å². The number of hydrogen-bond acceptors (Lipinski definition) is 16. The third kappa shape index (κ3) is 12.1. The highest BCUT2D eigenvalue weighted by Crippen LogP contribution is 2.40. The largest absolute Gasteiger partial charge is 0.394 e. The lowest BCUT2D eigenvalue weighted by molar-refractivity contribution is 0.143. The molecule has 2 saturated carbocycles.